The molecule has 146 valence electrons. The summed E-state index contributed by atoms with van der Waals surface area (Å²) in [4.78, 5) is 15.0. The molecule has 0 atom stereocenters. The Hall–Kier alpha value is -3.30. The van der Waals surface area contributed by atoms with Crippen LogP contribution in [-0.4, -0.2) is 28.8 Å². The number of nitriles is 1. The maximum absolute atomic E-state index is 12.8. The standard InChI is InChI=1S/C22H20ClN5O/c1-15-20(14-25-28(15)19-7-4-17(23)5-8-19)22(29)26-18-6-9-21(16(12-18)13-24)27-10-2-3-11-27/h4-9,12,14H,2-3,10-11H2,1H3,(H,26,29). The third-order valence-corrected chi connectivity index (χ3v) is 5.40. The zero-order valence-corrected chi connectivity index (χ0v) is 16.8. The van der Waals surface area contributed by atoms with Gasteiger partial charge in [-0.1, -0.05) is 11.6 Å². The Morgan fingerprint density at radius 3 is 2.59 bits per heavy atom. The molecule has 0 saturated carbocycles. The van der Waals surface area contributed by atoms with Crippen molar-refractivity contribution in [2.24, 2.45) is 0 Å². The molecule has 2 heterocycles. The number of anilines is 2. The van der Waals surface area contributed by atoms with Crippen molar-refractivity contribution in [1.29, 1.82) is 5.26 Å². The fraction of sp³-hybridized carbons (Fsp3) is 0.227. The molecule has 29 heavy (non-hydrogen) atoms. The maximum atomic E-state index is 12.8. The van der Waals surface area contributed by atoms with E-state index in [0.29, 0.717) is 21.8 Å². The quantitative estimate of drug-likeness (QED) is 0.690. The van der Waals surface area contributed by atoms with Gasteiger partial charge in [0.1, 0.15) is 6.07 Å². The first kappa shape index (κ1) is 19.0. The Labute approximate surface area is 174 Å². The smallest absolute Gasteiger partial charge is 0.259 e. The van der Waals surface area contributed by atoms with E-state index in [1.807, 2.05) is 31.2 Å². The number of halogens is 1. The van der Waals surface area contributed by atoms with Crippen molar-refractivity contribution in [3.63, 3.8) is 0 Å². The van der Waals surface area contributed by atoms with Crippen molar-refractivity contribution in [1.82, 2.24) is 9.78 Å². The third-order valence-electron chi connectivity index (χ3n) is 5.15. The number of hydrogen-bond donors (Lipinski definition) is 1. The summed E-state index contributed by atoms with van der Waals surface area (Å²) < 4.78 is 1.70. The molecule has 0 unspecified atom stereocenters. The molecule has 7 heteroatoms. The second kappa shape index (κ2) is 7.98. The van der Waals surface area contributed by atoms with Crippen molar-refractivity contribution in [3.05, 3.63) is 70.5 Å². The number of nitrogens with one attached hydrogen (secondary N) is 1. The number of hydrogen-bond acceptors (Lipinski definition) is 4. The molecule has 1 aliphatic rings. The van der Waals surface area contributed by atoms with Gasteiger partial charge in [-0.15, -0.1) is 0 Å². The minimum absolute atomic E-state index is 0.263. The summed E-state index contributed by atoms with van der Waals surface area (Å²) in [5.41, 5.74) is 4.11. The van der Waals surface area contributed by atoms with E-state index in [4.69, 9.17) is 11.6 Å². The van der Waals surface area contributed by atoms with E-state index in [1.54, 1.807) is 29.1 Å². The predicted octanol–water partition coefficient (Wildman–Crippen LogP) is 4.56. The maximum Gasteiger partial charge on any atom is 0.259 e. The lowest BCUT2D eigenvalue weighted by molar-refractivity contribution is 0.102. The summed E-state index contributed by atoms with van der Waals surface area (Å²) in [5.74, 6) is -0.263. The van der Waals surface area contributed by atoms with Gasteiger partial charge in [-0.2, -0.15) is 10.4 Å². The Balaban J connectivity index is 1.55. The number of nitrogens with zero attached hydrogens (tertiary/aromatic N) is 4. The average Bonchev–Trinajstić information content (AvgIpc) is 3.38. The molecule has 3 aromatic rings. The number of carbonyl (C=O) groups is 1. The van der Waals surface area contributed by atoms with Crippen LogP contribution in [0.4, 0.5) is 11.4 Å². The van der Waals surface area contributed by atoms with E-state index < -0.39 is 0 Å². The number of rotatable bonds is 4. The Bertz CT molecular complexity index is 1090. The zero-order valence-electron chi connectivity index (χ0n) is 16.0. The topological polar surface area (TPSA) is 74.0 Å². The summed E-state index contributed by atoms with van der Waals surface area (Å²) in [7, 11) is 0. The SMILES string of the molecule is Cc1c(C(=O)Nc2ccc(N3CCCC3)c(C#N)c2)cnn1-c1ccc(Cl)cc1. The first-order valence-electron chi connectivity index (χ1n) is 9.48. The lowest BCUT2D eigenvalue weighted by Gasteiger charge is -2.19. The van der Waals surface area contributed by atoms with Crippen LogP contribution >= 0.6 is 11.6 Å². The number of aromatic nitrogens is 2. The van der Waals surface area contributed by atoms with Crippen molar-refractivity contribution >= 4 is 28.9 Å². The molecule has 0 radical (unpaired) electrons. The molecule has 0 bridgehead atoms. The van der Waals surface area contributed by atoms with Gasteiger partial charge in [0, 0.05) is 23.8 Å². The highest BCUT2D eigenvalue weighted by Crippen LogP contribution is 2.27. The normalized spacial score (nSPS) is 13.3. The molecule has 1 N–H and O–H groups in total. The summed E-state index contributed by atoms with van der Waals surface area (Å²) >= 11 is 5.94. The van der Waals surface area contributed by atoms with Crippen LogP contribution in [0.15, 0.2) is 48.7 Å². The molecule has 1 saturated heterocycles. The van der Waals surface area contributed by atoms with E-state index in [0.717, 1.165) is 43.0 Å². The van der Waals surface area contributed by atoms with Gasteiger partial charge in [0.15, 0.2) is 0 Å². The molecule has 4 rings (SSSR count). The van der Waals surface area contributed by atoms with Gasteiger partial charge < -0.3 is 10.2 Å². The third kappa shape index (κ3) is 3.82. The van der Waals surface area contributed by atoms with E-state index in [-0.39, 0.29) is 5.91 Å². The molecule has 1 aromatic heterocycles. The van der Waals surface area contributed by atoms with Gasteiger partial charge in [-0.3, -0.25) is 4.79 Å². The van der Waals surface area contributed by atoms with E-state index in [2.05, 4.69) is 21.4 Å². The van der Waals surface area contributed by atoms with Crippen LogP contribution in [0.3, 0.4) is 0 Å². The summed E-state index contributed by atoms with van der Waals surface area (Å²) in [6, 6.07) is 15.0. The van der Waals surface area contributed by atoms with E-state index >= 15 is 0 Å². The summed E-state index contributed by atoms with van der Waals surface area (Å²) in [6.45, 7) is 3.76. The Morgan fingerprint density at radius 2 is 1.90 bits per heavy atom. The lowest BCUT2D eigenvalue weighted by Crippen LogP contribution is -2.19. The highest BCUT2D eigenvalue weighted by Gasteiger charge is 2.18. The molecule has 0 aliphatic carbocycles. The van der Waals surface area contributed by atoms with Gasteiger partial charge in [-0.25, -0.2) is 4.68 Å². The molecule has 1 amide bonds. The molecular weight excluding hydrogens is 386 g/mol. The molecule has 2 aromatic carbocycles. The number of benzene rings is 2. The van der Waals surface area contributed by atoms with Crippen LogP contribution in [0.1, 0.15) is 34.5 Å². The minimum Gasteiger partial charge on any atom is -0.370 e. The van der Waals surface area contributed by atoms with Crippen LogP contribution in [0.25, 0.3) is 5.69 Å². The van der Waals surface area contributed by atoms with E-state index in [1.165, 1.54) is 0 Å². The average molecular weight is 406 g/mol. The summed E-state index contributed by atoms with van der Waals surface area (Å²) in [5, 5.41) is 17.4. The number of amides is 1. The van der Waals surface area contributed by atoms with Gasteiger partial charge in [0.25, 0.3) is 5.91 Å². The van der Waals surface area contributed by atoms with Crippen LogP contribution in [0, 0.1) is 18.3 Å². The molecule has 1 aliphatic heterocycles. The van der Waals surface area contributed by atoms with Gasteiger partial charge in [0.2, 0.25) is 0 Å². The van der Waals surface area contributed by atoms with Crippen molar-refractivity contribution in [2.45, 2.75) is 19.8 Å². The molecule has 0 spiro atoms. The molecule has 1 fully saturated rings. The van der Waals surface area contributed by atoms with Crippen LogP contribution in [-0.2, 0) is 0 Å². The van der Waals surface area contributed by atoms with Crippen molar-refractivity contribution in [3.8, 4) is 11.8 Å². The van der Waals surface area contributed by atoms with E-state index in [9.17, 15) is 10.1 Å². The van der Waals surface area contributed by atoms with Crippen LogP contribution in [0.5, 0.6) is 0 Å². The van der Waals surface area contributed by atoms with Gasteiger partial charge in [-0.05, 0) is 62.2 Å². The lowest BCUT2D eigenvalue weighted by atomic mass is 10.1. The Kier molecular flexibility index (Phi) is 5.24. The zero-order chi connectivity index (χ0) is 20.4. The van der Waals surface area contributed by atoms with Gasteiger partial charge in [0.05, 0.1) is 34.4 Å². The first-order chi connectivity index (χ1) is 14.1. The van der Waals surface area contributed by atoms with Crippen LogP contribution in [0.2, 0.25) is 5.02 Å². The first-order valence-corrected chi connectivity index (χ1v) is 9.85. The second-order valence-electron chi connectivity index (χ2n) is 7.02. The minimum atomic E-state index is -0.263. The van der Waals surface area contributed by atoms with Crippen LogP contribution < -0.4 is 10.2 Å². The summed E-state index contributed by atoms with van der Waals surface area (Å²) in [6.07, 6.45) is 3.82. The predicted molar refractivity (Wildman–Crippen MR) is 114 cm³/mol. The van der Waals surface area contributed by atoms with Crippen molar-refractivity contribution < 1.29 is 4.79 Å². The Morgan fingerprint density at radius 1 is 1.17 bits per heavy atom. The van der Waals surface area contributed by atoms with Crippen molar-refractivity contribution in [2.75, 3.05) is 23.3 Å². The largest absolute Gasteiger partial charge is 0.370 e. The highest BCUT2D eigenvalue weighted by molar-refractivity contribution is 6.30. The molecular formula is C22H20ClN5O. The highest BCUT2D eigenvalue weighted by atomic mass is 35.5. The fourth-order valence-electron chi connectivity index (χ4n) is 3.61. The second-order valence-corrected chi connectivity index (χ2v) is 7.46. The van der Waals surface area contributed by atoms with Gasteiger partial charge >= 0.3 is 0 Å². The molecule has 6 nitrogen and oxygen atoms in total. The fourth-order valence-corrected chi connectivity index (χ4v) is 3.74. The number of carbonyl (C=O) groups excluding carboxylic acids is 1. The monoisotopic (exact) mass is 405 g/mol.